The molecule has 16 heavy (non-hydrogen) atoms. The fourth-order valence-electron chi connectivity index (χ4n) is 1.61. The van der Waals surface area contributed by atoms with Gasteiger partial charge in [0.1, 0.15) is 0 Å². The lowest BCUT2D eigenvalue weighted by atomic mass is 10.1. The van der Waals surface area contributed by atoms with Crippen LogP contribution in [0, 0.1) is 0 Å². The summed E-state index contributed by atoms with van der Waals surface area (Å²) in [5.41, 5.74) is 6.51. The van der Waals surface area contributed by atoms with Gasteiger partial charge in [0, 0.05) is 17.6 Å². The zero-order valence-electron chi connectivity index (χ0n) is 9.06. The lowest BCUT2D eigenvalue weighted by Gasteiger charge is -2.26. The minimum Gasteiger partial charge on any atom is -0.480 e. The van der Waals surface area contributed by atoms with E-state index in [1.807, 2.05) is 18.2 Å². The smallest absolute Gasteiger partial charge is 0.317 e. The molecule has 0 aromatic heterocycles. The third-order valence-electron chi connectivity index (χ3n) is 2.40. The van der Waals surface area contributed by atoms with Crippen molar-refractivity contribution in [2.75, 3.05) is 20.1 Å². The van der Waals surface area contributed by atoms with Crippen molar-refractivity contribution in [2.45, 2.75) is 6.04 Å². The lowest BCUT2D eigenvalue weighted by molar-refractivity contribution is -0.138. The van der Waals surface area contributed by atoms with Crippen LogP contribution in [0.25, 0.3) is 0 Å². The average molecular weight is 243 g/mol. The first-order valence-electron chi connectivity index (χ1n) is 4.92. The van der Waals surface area contributed by atoms with Gasteiger partial charge in [-0.3, -0.25) is 9.69 Å². The van der Waals surface area contributed by atoms with Crippen LogP contribution in [0.15, 0.2) is 24.3 Å². The Morgan fingerprint density at radius 2 is 2.19 bits per heavy atom. The third-order valence-corrected chi connectivity index (χ3v) is 2.75. The van der Waals surface area contributed by atoms with Crippen LogP contribution in [0.5, 0.6) is 0 Å². The molecule has 0 bridgehead atoms. The molecular formula is C11H15ClN2O2. The Morgan fingerprint density at radius 1 is 1.56 bits per heavy atom. The van der Waals surface area contributed by atoms with Crippen molar-refractivity contribution in [3.8, 4) is 0 Å². The highest BCUT2D eigenvalue weighted by molar-refractivity contribution is 6.31. The highest BCUT2D eigenvalue weighted by Gasteiger charge is 2.19. The maximum Gasteiger partial charge on any atom is 0.317 e. The molecule has 1 aromatic rings. The molecule has 0 heterocycles. The van der Waals surface area contributed by atoms with Crippen molar-refractivity contribution in [3.05, 3.63) is 34.9 Å². The molecule has 3 N–H and O–H groups in total. The second-order valence-corrected chi connectivity index (χ2v) is 3.99. The Morgan fingerprint density at radius 3 is 2.69 bits per heavy atom. The molecule has 88 valence electrons. The predicted octanol–water partition coefficient (Wildman–Crippen LogP) is 1.36. The Bertz CT molecular complexity index is 371. The molecule has 0 saturated carbocycles. The summed E-state index contributed by atoms with van der Waals surface area (Å²) in [5, 5.41) is 9.34. The van der Waals surface area contributed by atoms with Gasteiger partial charge in [0.05, 0.1) is 6.54 Å². The molecule has 1 aromatic carbocycles. The zero-order valence-corrected chi connectivity index (χ0v) is 9.81. The largest absolute Gasteiger partial charge is 0.480 e. The highest BCUT2D eigenvalue weighted by Crippen LogP contribution is 2.25. The van der Waals surface area contributed by atoms with E-state index in [9.17, 15) is 4.79 Å². The average Bonchev–Trinajstić information content (AvgIpc) is 2.20. The number of likely N-dealkylation sites (N-methyl/N-ethyl adjacent to an activating group) is 1. The van der Waals surface area contributed by atoms with E-state index in [1.54, 1.807) is 18.0 Å². The molecule has 0 radical (unpaired) electrons. The molecule has 1 atom stereocenters. The van der Waals surface area contributed by atoms with Crippen LogP contribution in [-0.2, 0) is 4.79 Å². The summed E-state index contributed by atoms with van der Waals surface area (Å²) in [6.45, 7) is 0.264. The second-order valence-electron chi connectivity index (χ2n) is 3.58. The number of rotatable bonds is 5. The van der Waals surface area contributed by atoms with Crippen molar-refractivity contribution in [1.82, 2.24) is 4.90 Å². The number of nitrogens with zero attached hydrogens (tertiary/aromatic N) is 1. The van der Waals surface area contributed by atoms with Gasteiger partial charge < -0.3 is 10.8 Å². The quantitative estimate of drug-likeness (QED) is 0.818. The van der Waals surface area contributed by atoms with E-state index in [4.69, 9.17) is 22.4 Å². The number of aliphatic carboxylic acids is 1. The van der Waals surface area contributed by atoms with Gasteiger partial charge in [-0.1, -0.05) is 29.8 Å². The third kappa shape index (κ3) is 3.20. The van der Waals surface area contributed by atoms with E-state index < -0.39 is 5.97 Å². The molecule has 0 aliphatic carbocycles. The van der Waals surface area contributed by atoms with Crippen molar-refractivity contribution in [3.63, 3.8) is 0 Å². The lowest BCUT2D eigenvalue weighted by Crippen LogP contribution is -2.34. The molecule has 0 aliphatic heterocycles. The van der Waals surface area contributed by atoms with Crippen LogP contribution in [0.2, 0.25) is 5.02 Å². The van der Waals surface area contributed by atoms with E-state index in [-0.39, 0.29) is 12.6 Å². The molecule has 4 nitrogen and oxygen atoms in total. The number of hydrogen-bond acceptors (Lipinski definition) is 3. The number of halogens is 1. The molecule has 0 fully saturated rings. The van der Waals surface area contributed by atoms with Gasteiger partial charge in [0.2, 0.25) is 0 Å². The predicted molar refractivity (Wildman–Crippen MR) is 63.5 cm³/mol. The first-order valence-corrected chi connectivity index (χ1v) is 5.30. The Labute approximate surface area is 99.6 Å². The van der Waals surface area contributed by atoms with E-state index in [0.717, 1.165) is 5.56 Å². The first kappa shape index (κ1) is 13.0. The summed E-state index contributed by atoms with van der Waals surface area (Å²) in [4.78, 5) is 12.3. The standard InChI is InChI=1S/C11H15ClN2O2/c1-14(7-11(15)16)10(6-13)8-4-2-3-5-9(8)12/h2-5,10H,6-7,13H2,1H3,(H,15,16). The van der Waals surface area contributed by atoms with Gasteiger partial charge in [-0.15, -0.1) is 0 Å². The fourth-order valence-corrected chi connectivity index (χ4v) is 1.87. The minimum atomic E-state index is -0.881. The maximum absolute atomic E-state index is 10.6. The van der Waals surface area contributed by atoms with Crippen LogP contribution in [-0.4, -0.2) is 36.1 Å². The monoisotopic (exact) mass is 242 g/mol. The highest BCUT2D eigenvalue weighted by atomic mass is 35.5. The van der Waals surface area contributed by atoms with Crippen LogP contribution >= 0.6 is 11.6 Å². The summed E-state index contributed by atoms with van der Waals surface area (Å²) in [5.74, 6) is -0.881. The van der Waals surface area contributed by atoms with Gasteiger partial charge in [0.25, 0.3) is 0 Å². The number of hydrogen-bond donors (Lipinski definition) is 2. The van der Waals surface area contributed by atoms with Crippen LogP contribution in [0.4, 0.5) is 0 Å². The first-order chi connectivity index (χ1) is 7.56. The van der Waals surface area contributed by atoms with Crippen molar-refractivity contribution in [1.29, 1.82) is 0 Å². The number of benzene rings is 1. The van der Waals surface area contributed by atoms with Gasteiger partial charge in [-0.2, -0.15) is 0 Å². The molecule has 1 unspecified atom stereocenters. The van der Waals surface area contributed by atoms with E-state index in [1.165, 1.54) is 0 Å². The maximum atomic E-state index is 10.6. The van der Waals surface area contributed by atoms with Crippen molar-refractivity contribution < 1.29 is 9.90 Å². The summed E-state index contributed by atoms with van der Waals surface area (Å²) >= 11 is 6.05. The van der Waals surface area contributed by atoms with Gasteiger partial charge in [-0.25, -0.2) is 0 Å². The number of carboxylic acid groups (broad SMARTS) is 1. The van der Waals surface area contributed by atoms with E-state index in [2.05, 4.69) is 0 Å². The zero-order chi connectivity index (χ0) is 12.1. The van der Waals surface area contributed by atoms with Gasteiger partial charge in [0.15, 0.2) is 0 Å². The number of carbonyl (C=O) groups is 1. The Hall–Kier alpha value is -1.10. The topological polar surface area (TPSA) is 66.6 Å². The molecular weight excluding hydrogens is 228 g/mol. The van der Waals surface area contributed by atoms with Gasteiger partial charge in [-0.05, 0) is 18.7 Å². The van der Waals surface area contributed by atoms with Crippen LogP contribution in [0.3, 0.4) is 0 Å². The second kappa shape index (κ2) is 5.84. The van der Waals surface area contributed by atoms with E-state index in [0.29, 0.717) is 11.6 Å². The minimum absolute atomic E-state index is 0.0624. The van der Waals surface area contributed by atoms with Crippen LogP contribution < -0.4 is 5.73 Å². The van der Waals surface area contributed by atoms with Gasteiger partial charge >= 0.3 is 5.97 Å². The normalized spacial score (nSPS) is 12.8. The van der Waals surface area contributed by atoms with E-state index >= 15 is 0 Å². The summed E-state index contributed by atoms with van der Waals surface area (Å²) in [7, 11) is 1.72. The molecule has 5 heteroatoms. The SMILES string of the molecule is CN(CC(=O)O)C(CN)c1ccccc1Cl. The number of nitrogens with two attached hydrogens (primary N) is 1. The Kier molecular flexibility index (Phi) is 4.73. The Balaban J connectivity index is 2.90. The van der Waals surface area contributed by atoms with Crippen molar-refractivity contribution in [2.24, 2.45) is 5.73 Å². The fraction of sp³-hybridized carbons (Fsp3) is 0.364. The summed E-state index contributed by atoms with van der Waals surface area (Å²) in [6.07, 6.45) is 0. The summed E-state index contributed by atoms with van der Waals surface area (Å²) < 4.78 is 0. The molecule has 1 rings (SSSR count). The molecule has 0 amide bonds. The van der Waals surface area contributed by atoms with Crippen molar-refractivity contribution >= 4 is 17.6 Å². The number of carboxylic acids is 1. The molecule has 0 spiro atoms. The molecule has 0 saturated heterocycles. The van der Waals surface area contributed by atoms with Crippen LogP contribution in [0.1, 0.15) is 11.6 Å². The summed E-state index contributed by atoms with van der Waals surface area (Å²) in [6, 6.07) is 7.14. The molecule has 0 aliphatic rings.